The van der Waals surface area contributed by atoms with Gasteiger partial charge in [0, 0.05) is 11.8 Å². The van der Waals surface area contributed by atoms with E-state index in [2.05, 4.69) is 4.98 Å². The zero-order valence-electron chi connectivity index (χ0n) is 9.36. The van der Waals surface area contributed by atoms with Gasteiger partial charge in [0.15, 0.2) is 10.1 Å². The topological polar surface area (TPSA) is 30.0 Å². The normalized spacial score (nSPS) is 10.5. The highest BCUT2D eigenvalue weighted by molar-refractivity contribution is 8.01. The van der Waals surface area contributed by atoms with Crippen molar-refractivity contribution in [2.75, 3.05) is 0 Å². The van der Waals surface area contributed by atoms with Crippen LogP contribution in [0, 0.1) is 6.92 Å². The first kappa shape index (κ1) is 12.6. The van der Waals surface area contributed by atoms with Crippen LogP contribution < -0.4 is 0 Å². The lowest BCUT2D eigenvalue weighted by atomic mass is 10.2. The Balaban J connectivity index is 2.28. The number of Topliss-reactive ketones (excluding diaryl/α,β-unsaturated/α-hetero) is 1. The number of nitrogens with zero attached hydrogens (tertiary/aromatic N) is 1. The molecule has 0 spiro atoms. The Morgan fingerprint density at radius 1 is 1.47 bits per heavy atom. The summed E-state index contributed by atoms with van der Waals surface area (Å²) in [5.41, 5.74) is 1.11. The monoisotopic (exact) mass is 283 g/mol. The SMILES string of the molecule is CC(=O)c1cnc(Sc2c(C)cccc2Cl)s1. The highest BCUT2D eigenvalue weighted by Crippen LogP contribution is 2.37. The van der Waals surface area contributed by atoms with Crippen molar-refractivity contribution >= 4 is 40.5 Å². The van der Waals surface area contributed by atoms with Crippen LogP contribution >= 0.6 is 34.7 Å². The smallest absolute Gasteiger partial charge is 0.171 e. The third kappa shape index (κ3) is 2.89. The minimum atomic E-state index is 0.0465. The average Bonchev–Trinajstić information content (AvgIpc) is 2.72. The number of ketones is 1. The Hall–Kier alpha value is -0.840. The van der Waals surface area contributed by atoms with Gasteiger partial charge in [0.2, 0.25) is 0 Å². The van der Waals surface area contributed by atoms with Gasteiger partial charge in [-0.05, 0) is 18.6 Å². The van der Waals surface area contributed by atoms with E-state index >= 15 is 0 Å². The van der Waals surface area contributed by atoms with Crippen molar-refractivity contribution in [3.63, 3.8) is 0 Å². The van der Waals surface area contributed by atoms with Crippen LogP contribution in [0.4, 0.5) is 0 Å². The summed E-state index contributed by atoms with van der Waals surface area (Å²) in [4.78, 5) is 17.1. The minimum absolute atomic E-state index is 0.0465. The first-order valence-electron chi connectivity index (χ1n) is 4.97. The number of thiazole rings is 1. The van der Waals surface area contributed by atoms with Crippen molar-refractivity contribution in [2.24, 2.45) is 0 Å². The Morgan fingerprint density at radius 3 is 2.82 bits per heavy atom. The van der Waals surface area contributed by atoms with Gasteiger partial charge in [-0.2, -0.15) is 0 Å². The third-order valence-corrected chi connectivity index (χ3v) is 5.03. The molecule has 0 N–H and O–H groups in total. The number of carbonyl (C=O) groups is 1. The molecular weight excluding hydrogens is 274 g/mol. The Labute approximate surface area is 113 Å². The van der Waals surface area contributed by atoms with E-state index < -0.39 is 0 Å². The largest absolute Gasteiger partial charge is 0.294 e. The summed E-state index contributed by atoms with van der Waals surface area (Å²) < 4.78 is 0.839. The molecule has 0 aliphatic rings. The lowest BCUT2D eigenvalue weighted by Gasteiger charge is -2.04. The lowest BCUT2D eigenvalue weighted by Crippen LogP contribution is -1.83. The fourth-order valence-corrected chi connectivity index (χ4v) is 3.54. The van der Waals surface area contributed by atoms with Crippen LogP contribution in [0.1, 0.15) is 22.2 Å². The van der Waals surface area contributed by atoms with Gasteiger partial charge in [0.25, 0.3) is 0 Å². The van der Waals surface area contributed by atoms with E-state index in [1.807, 2.05) is 25.1 Å². The van der Waals surface area contributed by atoms with Crippen LogP contribution in [0.15, 0.2) is 33.6 Å². The summed E-state index contributed by atoms with van der Waals surface area (Å²) in [6.07, 6.45) is 1.61. The molecule has 2 nitrogen and oxygen atoms in total. The number of rotatable bonds is 3. The molecule has 88 valence electrons. The van der Waals surface area contributed by atoms with E-state index in [1.54, 1.807) is 13.1 Å². The van der Waals surface area contributed by atoms with Gasteiger partial charge >= 0.3 is 0 Å². The second-order valence-electron chi connectivity index (χ2n) is 3.53. The van der Waals surface area contributed by atoms with Crippen molar-refractivity contribution < 1.29 is 4.79 Å². The van der Waals surface area contributed by atoms with E-state index in [4.69, 9.17) is 11.6 Å². The predicted octanol–water partition coefficient (Wildman–Crippen LogP) is 4.46. The molecule has 17 heavy (non-hydrogen) atoms. The van der Waals surface area contributed by atoms with Gasteiger partial charge in [-0.1, -0.05) is 35.5 Å². The van der Waals surface area contributed by atoms with E-state index in [0.29, 0.717) is 4.88 Å². The predicted molar refractivity (Wildman–Crippen MR) is 72.4 cm³/mol. The second-order valence-corrected chi connectivity index (χ2v) is 6.23. The van der Waals surface area contributed by atoms with Gasteiger partial charge in [-0.3, -0.25) is 4.79 Å². The fraction of sp³-hybridized carbons (Fsp3) is 0.167. The molecule has 5 heteroatoms. The van der Waals surface area contributed by atoms with E-state index in [1.165, 1.54) is 23.1 Å². The molecule has 1 aromatic heterocycles. The van der Waals surface area contributed by atoms with Crippen LogP contribution in [0.5, 0.6) is 0 Å². The maximum Gasteiger partial charge on any atom is 0.171 e. The highest BCUT2D eigenvalue weighted by Gasteiger charge is 2.10. The summed E-state index contributed by atoms with van der Waals surface area (Å²) in [7, 11) is 0. The van der Waals surface area contributed by atoms with Gasteiger partial charge < -0.3 is 0 Å². The summed E-state index contributed by atoms with van der Waals surface area (Å²) in [6.45, 7) is 3.55. The van der Waals surface area contributed by atoms with Gasteiger partial charge in [-0.15, -0.1) is 11.3 Å². The van der Waals surface area contributed by atoms with E-state index in [-0.39, 0.29) is 5.78 Å². The number of hydrogen-bond donors (Lipinski definition) is 0. The van der Waals surface area contributed by atoms with E-state index in [0.717, 1.165) is 19.8 Å². The van der Waals surface area contributed by atoms with Crippen LogP contribution in [0.2, 0.25) is 5.02 Å². The Morgan fingerprint density at radius 2 is 2.24 bits per heavy atom. The minimum Gasteiger partial charge on any atom is -0.294 e. The van der Waals surface area contributed by atoms with Crippen LogP contribution in [0.25, 0.3) is 0 Å². The number of aromatic nitrogens is 1. The van der Waals surface area contributed by atoms with Gasteiger partial charge in [-0.25, -0.2) is 4.98 Å². The van der Waals surface area contributed by atoms with Gasteiger partial charge in [0.05, 0.1) is 16.1 Å². The average molecular weight is 284 g/mol. The van der Waals surface area contributed by atoms with Crippen molar-refractivity contribution in [3.8, 4) is 0 Å². The molecule has 2 rings (SSSR count). The first-order chi connectivity index (χ1) is 8.08. The fourth-order valence-electron chi connectivity index (χ4n) is 1.30. The molecule has 0 aliphatic carbocycles. The molecular formula is C12H10ClNOS2. The van der Waals surface area contributed by atoms with Crippen LogP contribution in [-0.2, 0) is 0 Å². The standard InChI is InChI=1S/C12H10ClNOS2/c1-7-4-3-5-9(13)11(7)17-12-14-6-10(16-12)8(2)15/h3-6H,1-2H3. The molecule has 0 amide bonds. The lowest BCUT2D eigenvalue weighted by molar-refractivity contribution is 0.102. The molecule has 0 bridgehead atoms. The third-order valence-electron chi connectivity index (χ3n) is 2.18. The quantitative estimate of drug-likeness (QED) is 0.779. The molecule has 0 atom stereocenters. The van der Waals surface area contributed by atoms with Crippen molar-refractivity contribution in [1.29, 1.82) is 0 Å². The van der Waals surface area contributed by atoms with Crippen molar-refractivity contribution in [2.45, 2.75) is 23.1 Å². The summed E-state index contributed by atoms with van der Waals surface area (Å²) in [5.74, 6) is 0.0465. The molecule has 1 heterocycles. The van der Waals surface area contributed by atoms with Gasteiger partial charge in [0.1, 0.15) is 0 Å². The maximum atomic E-state index is 11.2. The van der Waals surface area contributed by atoms with E-state index in [9.17, 15) is 4.79 Å². The summed E-state index contributed by atoms with van der Waals surface area (Å²) in [6, 6.07) is 5.79. The molecule has 0 radical (unpaired) electrons. The zero-order valence-corrected chi connectivity index (χ0v) is 11.7. The zero-order chi connectivity index (χ0) is 12.4. The summed E-state index contributed by atoms with van der Waals surface area (Å²) in [5, 5.41) is 0.717. The van der Waals surface area contributed by atoms with Crippen LogP contribution in [-0.4, -0.2) is 10.8 Å². The highest BCUT2D eigenvalue weighted by atomic mass is 35.5. The first-order valence-corrected chi connectivity index (χ1v) is 6.99. The van der Waals surface area contributed by atoms with Crippen molar-refractivity contribution in [1.82, 2.24) is 4.98 Å². The molecule has 0 unspecified atom stereocenters. The number of carbonyl (C=O) groups excluding carboxylic acids is 1. The molecule has 0 fully saturated rings. The summed E-state index contributed by atoms with van der Waals surface area (Å²) >= 11 is 9.04. The molecule has 0 aliphatic heterocycles. The molecule has 2 aromatic rings. The number of benzene rings is 1. The molecule has 0 saturated carbocycles. The molecule has 0 saturated heterocycles. The number of aryl methyl sites for hydroxylation is 1. The Kier molecular flexibility index (Phi) is 3.86. The molecule has 1 aromatic carbocycles. The van der Waals surface area contributed by atoms with Crippen LogP contribution in [0.3, 0.4) is 0 Å². The maximum absolute atomic E-state index is 11.2. The second kappa shape index (κ2) is 5.21. The Bertz CT molecular complexity index is 545. The van der Waals surface area contributed by atoms with Crippen molar-refractivity contribution in [3.05, 3.63) is 39.9 Å². The number of hydrogen-bond acceptors (Lipinski definition) is 4. The number of halogens is 1.